The average molecular weight is 171 g/mol. The van der Waals surface area contributed by atoms with Crippen LogP contribution in [-0.4, -0.2) is 13.1 Å². The first kappa shape index (κ1) is 8.19. The normalized spacial score (nSPS) is 15.8. The molecule has 0 aliphatic carbocycles. The van der Waals surface area contributed by atoms with Gasteiger partial charge in [0.2, 0.25) is 0 Å². The number of hydrogen-bond acceptors (Lipinski definition) is 1. The van der Waals surface area contributed by atoms with Crippen molar-refractivity contribution < 1.29 is 0 Å². The van der Waals surface area contributed by atoms with Gasteiger partial charge in [-0.1, -0.05) is 12.0 Å². The van der Waals surface area contributed by atoms with Crippen molar-refractivity contribution in [2.75, 3.05) is 18.0 Å². The molecule has 1 aliphatic heterocycles. The van der Waals surface area contributed by atoms with Crippen molar-refractivity contribution in [2.45, 2.75) is 12.8 Å². The zero-order valence-electron chi connectivity index (χ0n) is 7.66. The van der Waals surface area contributed by atoms with Gasteiger partial charge in [0.05, 0.1) is 0 Å². The summed E-state index contributed by atoms with van der Waals surface area (Å²) in [6.45, 7) is 2.35. The Morgan fingerprint density at radius 3 is 2.69 bits per heavy atom. The van der Waals surface area contributed by atoms with E-state index < -0.39 is 0 Å². The Balaban J connectivity index is 2.25. The molecule has 0 amide bonds. The monoisotopic (exact) mass is 171 g/mol. The zero-order valence-corrected chi connectivity index (χ0v) is 7.66. The minimum atomic E-state index is 0.976. The van der Waals surface area contributed by atoms with Crippen molar-refractivity contribution in [3.63, 3.8) is 0 Å². The number of anilines is 1. The molecule has 0 unspecified atom stereocenters. The summed E-state index contributed by atoms with van der Waals surface area (Å²) >= 11 is 0. The smallest absolute Gasteiger partial charge is 0.0378 e. The van der Waals surface area contributed by atoms with Gasteiger partial charge >= 0.3 is 0 Å². The zero-order chi connectivity index (χ0) is 9.10. The SMILES string of the molecule is C#Cc1cccc(N2CCCC2)c1. The van der Waals surface area contributed by atoms with E-state index in [1.807, 2.05) is 12.1 Å². The summed E-state index contributed by atoms with van der Waals surface area (Å²) in [4.78, 5) is 2.39. The number of hydrogen-bond donors (Lipinski definition) is 0. The van der Waals surface area contributed by atoms with Gasteiger partial charge in [0.1, 0.15) is 0 Å². The number of rotatable bonds is 1. The molecule has 0 radical (unpaired) electrons. The summed E-state index contributed by atoms with van der Waals surface area (Å²) in [5.74, 6) is 2.66. The van der Waals surface area contributed by atoms with E-state index >= 15 is 0 Å². The fourth-order valence-electron chi connectivity index (χ4n) is 1.77. The Bertz CT molecular complexity index is 329. The van der Waals surface area contributed by atoms with Crippen LogP contribution in [-0.2, 0) is 0 Å². The molecular weight excluding hydrogens is 158 g/mol. The first-order valence-corrected chi connectivity index (χ1v) is 4.72. The maximum Gasteiger partial charge on any atom is 0.0378 e. The predicted octanol–water partition coefficient (Wildman–Crippen LogP) is 2.27. The van der Waals surface area contributed by atoms with E-state index in [2.05, 4.69) is 23.0 Å². The highest BCUT2D eigenvalue weighted by Crippen LogP contribution is 2.20. The van der Waals surface area contributed by atoms with Gasteiger partial charge in [-0.05, 0) is 31.0 Å². The Kier molecular flexibility index (Phi) is 2.23. The van der Waals surface area contributed by atoms with Crippen molar-refractivity contribution in [2.24, 2.45) is 0 Å². The molecule has 13 heavy (non-hydrogen) atoms. The third kappa shape index (κ3) is 1.67. The largest absolute Gasteiger partial charge is 0.371 e. The molecule has 1 heteroatoms. The molecule has 1 fully saturated rings. The van der Waals surface area contributed by atoms with E-state index in [9.17, 15) is 0 Å². The lowest BCUT2D eigenvalue weighted by Gasteiger charge is -2.17. The molecule has 0 bridgehead atoms. The van der Waals surface area contributed by atoms with Crippen LogP contribution in [0.15, 0.2) is 24.3 Å². The highest BCUT2D eigenvalue weighted by atomic mass is 15.1. The minimum Gasteiger partial charge on any atom is -0.371 e. The quantitative estimate of drug-likeness (QED) is 0.586. The second-order valence-corrected chi connectivity index (χ2v) is 3.39. The molecule has 2 rings (SSSR count). The van der Waals surface area contributed by atoms with E-state index in [4.69, 9.17) is 6.42 Å². The molecule has 1 heterocycles. The summed E-state index contributed by atoms with van der Waals surface area (Å²) in [5, 5.41) is 0. The third-order valence-corrected chi connectivity index (χ3v) is 2.48. The molecule has 0 spiro atoms. The minimum absolute atomic E-state index is 0.976. The van der Waals surface area contributed by atoms with Crippen molar-refractivity contribution in [1.82, 2.24) is 0 Å². The molecule has 1 saturated heterocycles. The van der Waals surface area contributed by atoms with Gasteiger partial charge in [0, 0.05) is 24.3 Å². The summed E-state index contributed by atoms with van der Waals surface area (Å²) in [5.41, 5.74) is 2.25. The molecule has 1 aromatic rings. The van der Waals surface area contributed by atoms with Gasteiger partial charge in [-0.15, -0.1) is 6.42 Å². The van der Waals surface area contributed by atoms with E-state index in [0.717, 1.165) is 5.56 Å². The first-order valence-electron chi connectivity index (χ1n) is 4.72. The number of nitrogens with zero attached hydrogens (tertiary/aromatic N) is 1. The second kappa shape index (κ2) is 3.53. The van der Waals surface area contributed by atoms with Gasteiger partial charge in [-0.3, -0.25) is 0 Å². The number of benzene rings is 1. The molecule has 0 saturated carbocycles. The Labute approximate surface area is 79.4 Å². The Hall–Kier alpha value is -1.42. The Morgan fingerprint density at radius 2 is 2.00 bits per heavy atom. The first-order chi connectivity index (χ1) is 6.40. The lowest BCUT2D eigenvalue weighted by molar-refractivity contribution is 0.949. The summed E-state index contributed by atoms with van der Waals surface area (Å²) in [7, 11) is 0. The van der Waals surface area contributed by atoms with E-state index in [1.54, 1.807) is 0 Å². The van der Waals surface area contributed by atoms with Gasteiger partial charge < -0.3 is 4.90 Å². The molecular formula is C12H13N. The van der Waals surface area contributed by atoms with Gasteiger partial charge in [0.25, 0.3) is 0 Å². The highest BCUT2D eigenvalue weighted by molar-refractivity contribution is 5.52. The molecule has 0 atom stereocenters. The fraction of sp³-hybridized carbons (Fsp3) is 0.333. The van der Waals surface area contributed by atoms with E-state index in [1.165, 1.54) is 31.6 Å². The summed E-state index contributed by atoms with van der Waals surface area (Å²) < 4.78 is 0. The van der Waals surface area contributed by atoms with Crippen LogP contribution in [0.3, 0.4) is 0 Å². The molecule has 0 N–H and O–H groups in total. The lowest BCUT2D eigenvalue weighted by atomic mass is 10.2. The van der Waals surface area contributed by atoms with Gasteiger partial charge in [0.15, 0.2) is 0 Å². The average Bonchev–Trinajstić information content (AvgIpc) is 2.71. The molecule has 0 aromatic heterocycles. The van der Waals surface area contributed by atoms with Crippen molar-refractivity contribution in [1.29, 1.82) is 0 Å². The fourth-order valence-corrected chi connectivity index (χ4v) is 1.77. The predicted molar refractivity (Wildman–Crippen MR) is 55.8 cm³/mol. The molecule has 1 nitrogen and oxygen atoms in total. The maximum absolute atomic E-state index is 5.35. The van der Waals surface area contributed by atoms with Crippen LogP contribution < -0.4 is 4.90 Å². The van der Waals surface area contributed by atoms with Crippen molar-refractivity contribution in [3.8, 4) is 12.3 Å². The van der Waals surface area contributed by atoms with Crippen LogP contribution >= 0.6 is 0 Å². The molecule has 1 aromatic carbocycles. The lowest BCUT2D eigenvalue weighted by Crippen LogP contribution is -2.17. The van der Waals surface area contributed by atoms with Gasteiger partial charge in [-0.25, -0.2) is 0 Å². The summed E-state index contributed by atoms with van der Waals surface area (Å²) in [6, 6.07) is 8.22. The van der Waals surface area contributed by atoms with Gasteiger partial charge in [-0.2, -0.15) is 0 Å². The van der Waals surface area contributed by atoms with Crippen LogP contribution in [0, 0.1) is 12.3 Å². The second-order valence-electron chi connectivity index (χ2n) is 3.39. The highest BCUT2D eigenvalue weighted by Gasteiger charge is 2.11. The van der Waals surface area contributed by atoms with Crippen LogP contribution in [0.1, 0.15) is 18.4 Å². The standard InChI is InChI=1S/C12H13N/c1-2-11-6-5-7-12(10-11)13-8-3-4-9-13/h1,5-7,10H,3-4,8-9H2. The maximum atomic E-state index is 5.35. The van der Waals surface area contributed by atoms with Crippen LogP contribution in [0.2, 0.25) is 0 Å². The van der Waals surface area contributed by atoms with Crippen LogP contribution in [0.5, 0.6) is 0 Å². The van der Waals surface area contributed by atoms with E-state index in [-0.39, 0.29) is 0 Å². The van der Waals surface area contributed by atoms with E-state index in [0.29, 0.717) is 0 Å². The topological polar surface area (TPSA) is 3.24 Å². The number of terminal acetylenes is 1. The van der Waals surface area contributed by atoms with Crippen LogP contribution in [0.25, 0.3) is 0 Å². The molecule has 66 valence electrons. The Morgan fingerprint density at radius 1 is 1.23 bits per heavy atom. The van der Waals surface area contributed by atoms with Crippen molar-refractivity contribution >= 4 is 5.69 Å². The van der Waals surface area contributed by atoms with Crippen LogP contribution in [0.4, 0.5) is 5.69 Å². The third-order valence-electron chi connectivity index (χ3n) is 2.48. The summed E-state index contributed by atoms with van der Waals surface area (Å²) in [6.07, 6.45) is 7.96. The molecule has 1 aliphatic rings. The van der Waals surface area contributed by atoms with Crippen molar-refractivity contribution in [3.05, 3.63) is 29.8 Å².